The van der Waals surface area contributed by atoms with Crippen molar-refractivity contribution in [2.45, 2.75) is 43.8 Å². The lowest BCUT2D eigenvalue weighted by Crippen LogP contribution is -2.55. The molecule has 0 unspecified atom stereocenters. The van der Waals surface area contributed by atoms with Crippen LogP contribution in [-0.4, -0.2) is 63.2 Å². The van der Waals surface area contributed by atoms with Crippen molar-refractivity contribution in [1.82, 2.24) is 10.6 Å². The molecule has 7 N–H and O–H groups in total. The van der Waals surface area contributed by atoms with Gasteiger partial charge in [-0.05, 0) is 12.0 Å². The number of carbonyl (C=O) groups is 5. The molecule has 11 heteroatoms. The molecule has 0 aliphatic rings. The Morgan fingerprint density at radius 1 is 0.862 bits per heavy atom. The summed E-state index contributed by atoms with van der Waals surface area (Å²) in [5.74, 6) is -5.78. The highest BCUT2D eigenvalue weighted by molar-refractivity contribution is 5.93. The number of hydrogen-bond donors (Lipinski definition) is 6. The number of amides is 2. The van der Waals surface area contributed by atoms with E-state index in [1.165, 1.54) is 0 Å². The summed E-state index contributed by atoms with van der Waals surface area (Å²) in [6.45, 7) is 0. The van der Waals surface area contributed by atoms with Crippen LogP contribution in [0.4, 0.5) is 0 Å². The summed E-state index contributed by atoms with van der Waals surface area (Å²) >= 11 is 0. The Kier molecular flexibility index (Phi) is 9.26. The van der Waals surface area contributed by atoms with Gasteiger partial charge in [0.1, 0.15) is 12.1 Å². The molecule has 3 atom stereocenters. The average Bonchev–Trinajstić information content (AvgIpc) is 2.65. The van der Waals surface area contributed by atoms with E-state index < -0.39 is 54.3 Å². The molecule has 29 heavy (non-hydrogen) atoms. The van der Waals surface area contributed by atoms with Crippen molar-refractivity contribution in [3.63, 3.8) is 0 Å². The third kappa shape index (κ3) is 8.84. The van der Waals surface area contributed by atoms with E-state index >= 15 is 0 Å². The summed E-state index contributed by atoms with van der Waals surface area (Å²) in [5, 5.41) is 31.0. The second-order valence-electron chi connectivity index (χ2n) is 6.29. The van der Waals surface area contributed by atoms with E-state index in [1.807, 2.05) is 0 Å². The van der Waals surface area contributed by atoms with E-state index in [9.17, 15) is 24.0 Å². The van der Waals surface area contributed by atoms with Crippen LogP contribution in [-0.2, 0) is 30.4 Å². The predicted octanol–water partition coefficient (Wildman–Crippen LogP) is -1.05. The first-order valence-electron chi connectivity index (χ1n) is 8.66. The number of nitrogens with two attached hydrogens (primary N) is 1. The topological polar surface area (TPSA) is 196 Å². The summed E-state index contributed by atoms with van der Waals surface area (Å²) in [6, 6.07) is 4.40. The van der Waals surface area contributed by atoms with Crippen LogP contribution in [0.25, 0.3) is 0 Å². The second-order valence-corrected chi connectivity index (χ2v) is 6.29. The van der Waals surface area contributed by atoms with Gasteiger partial charge in [-0.2, -0.15) is 0 Å². The van der Waals surface area contributed by atoms with E-state index in [1.54, 1.807) is 30.3 Å². The fourth-order valence-corrected chi connectivity index (χ4v) is 2.39. The van der Waals surface area contributed by atoms with Gasteiger partial charge in [-0.15, -0.1) is 0 Å². The molecule has 0 fully saturated rings. The van der Waals surface area contributed by atoms with E-state index in [0.717, 1.165) is 0 Å². The molecule has 1 rings (SSSR count). The lowest BCUT2D eigenvalue weighted by molar-refractivity contribution is -0.147. The van der Waals surface area contributed by atoms with Crippen LogP contribution in [0.5, 0.6) is 0 Å². The molecule has 0 aliphatic carbocycles. The number of benzene rings is 1. The summed E-state index contributed by atoms with van der Waals surface area (Å²) in [4.78, 5) is 57.4. The van der Waals surface area contributed by atoms with Crippen molar-refractivity contribution >= 4 is 29.7 Å². The molecule has 0 aromatic heterocycles. The zero-order valence-electron chi connectivity index (χ0n) is 15.4. The van der Waals surface area contributed by atoms with Gasteiger partial charge in [0.15, 0.2) is 0 Å². The first-order valence-corrected chi connectivity index (χ1v) is 8.66. The number of aliphatic carboxylic acids is 3. The molecule has 0 saturated heterocycles. The maximum atomic E-state index is 12.6. The molecule has 0 spiro atoms. The number of hydrogen-bond acceptors (Lipinski definition) is 6. The van der Waals surface area contributed by atoms with Gasteiger partial charge in [0, 0.05) is 12.8 Å². The fourth-order valence-electron chi connectivity index (χ4n) is 2.39. The van der Waals surface area contributed by atoms with Crippen LogP contribution in [0, 0.1) is 0 Å². The van der Waals surface area contributed by atoms with Crippen LogP contribution < -0.4 is 16.4 Å². The highest BCUT2D eigenvalue weighted by Gasteiger charge is 2.29. The fraction of sp³-hybridized carbons (Fsp3) is 0.389. The zero-order valence-corrected chi connectivity index (χ0v) is 15.4. The quantitative estimate of drug-likeness (QED) is 0.249. The molecule has 0 heterocycles. The Hall–Kier alpha value is -3.47. The molecular weight excluding hydrogens is 386 g/mol. The summed E-state index contributed by atoms with van der Waals surface area (Å²) in [5.41, 5.74) is 6.29. The number of carboxylic acids is 3. The van der Waals surface area contributed by atoms with Crippen LogP contribution in [0.2, 0.25) is 0 Å². The van der Waals surface area contributed by atoms with Crippen LogP contribution in [0.15, 0.2) is 30.3 Å². The van der Waals surface area contributed by atoms with E-state index in [4.69, 9.17) is 21.1 Å². The van der Waals surface area contributed by atoms with Crippen molar-refractivity contribution < 1.29 is 39.3 Å². The average molecular weight is 409 g/mol. The third-order valence-corrected chi connectivity index (χ3v) is 3.91. The summed E-state index contributed by atoms with van der Waals surface area (Å²) < 4.78 is 0. The molecule has 0 bridgehead atoms. The van der Waals surface area contributed by atoms with Crippen molar-refractivity contribution in [2.24, 2.45) is 5.73 Å². The van der Waals surface area contributed by atoms with Crippen LogP contribution in [0.3, 0.4) is 0 Å². The number of carbonyl (C=O) groups excluding carboxylic acids is 2. The Balaban J connectivity index is 2.93. The molecule has 11 nitrogen and oxygen atoms in total. The molecule has 0 radical (unpaired) electrons. The van der Waals surface area contributed by atoms with Crippen LogP contribution >= 0.6 is 0 Å². The molecular formula is C18H23N3O8. The Bertz CT molecular complexity index is 753. The molecule has 1 aromatic rings. The monoisotopic (exact) mass is 409 g/mol. The summed E-state index contributed by atoms with van der Waals surface area (Å²) in [7, 11) is 0. The molecule has 2 amide bonds. The van der Waals surface area contributed by atoms with Gasteiger partial charge in [-0.3, -0.25) is 19.2 Å². The normalized spacial score (nSPS) is 13.6. The van der Waals surface area contributed by atoms with Gasteiger partial charge >= 0.3 is 17.9 Å². The van der Waals surface area contributed by atoms with Gasteiger partial charge in [0.2, 0.25) is 11.8 Å². The molecule has 1 aromatic carbocycles. The maximum absolute atomic E-state index is 12.6. The number of carboxylic acid groups (broad SMARTS) is 3. The molecule has 158 valence electrons. The minimum absolute atomic E-state index is 0.0104. The number of rotatable bonds is 12. The smallest absolute Gasteiger partial charge is 0.326 e. The largest absolute Gasteiger partial charge is 0.481 e. The van der Waals surface area contributed by atoms with Gasteiger partial charge < -0.3 is 31.7 Å². The zero-order chi connectivity index (χ0) is 22.0. The van der Waals surface area contributed by atoms with Gasteiger partial charge in [0.05, 0.1) is 12.5 Å². The maximum Gasteiger partial charge on any atom is 0.326 e. The Morgan fingerprint density at radius 2 is 1.45 bits per heavy atom. The van der Waals surface area contributed by atoms with Gasteiger partial charge in [0.25, 0.3) is 0 Å². The Labute approximate surface area is 165 Å². The minimum Gasteiger partial charge on any atom is -0.481 e. The van der Waals surface area contributed by atoms with Crippen molar-refractivity contribution in [3.8, 4) is 0 Å². The first-order chi connectivity index (χ1) is 13.6. The van der Waals surface area contributed by atoms with Crippen molar-refractivity contribution in [2.75, 3.05) is 0 Å². The van der Waals surface area contributed by atoms with E-state index in [-0.39, 0.29) is 19.3 Å². The third-order valence-electron chi connectivity index (χ3n) is 3.91. The van der Waals surface area contributed by atoms with Gasteiger partial charge in [-0.1, -0.05) is 30.3 Å². The lowest BCUT2D eigenvalue weighted by Gasteiger charge is -2.22. The Morgan fingerprint density at radius 3 is 1.97 bits per heavy atom. The minimum atomic E-state index is -1.68. The highest BCUT2D eigenvalue weighted by atomic mass is 16.4. The molecule has 0 saturated carbocycles. The molecule has 0 aliphatic heterocycles. The van der Waals surface area contributed by atoms with Crippen molar-refractivity contribution in [3.05, 3.63) is 35.9 Å². The highest BCUT2D eigenvalue weighted by Crippen LogP contribution is 2.06. The predicted molar refractivity (Wildman–Crippen MR) is 98.7 cm³/mol. The lowest BCUT2D eigenvalue weighted by atomic mass is 10.0. The standard InChI is InChI=1S/C18H23N3O8/c19-11(6-7-14(22)23)16(26)20-12(8-10-4-2-1-3-5-10)17(27)21-13(18(28)29)9-15(24)25/h1-5,11-13H,6-9,19H2,(H,20,26)(H,21,27)(H,22,23)(H,24,25)(H,28,29)/t11-,12-,13-/m0/s1. The van der Waals surface area contributed by atoms with Gasteiger partial charge in [-0.25, -0.2) is 4.79 Å². The first kappa shape index (κ1) is 23.6. The SMILES string of the molecule is N[C@@H](CCC(=O)O)C(=O)N[C@@H](Cc1ccccc1)C(=O)N[C@@H](CC(=O)O)C(=O)O. The van der Waals surface area contributed by atoms with E-state index in [2.05, 4.69) is 10.6 Å². The van der Waals surface area contributed by atoms with E-state index in [0.29, 0.717) is 5.56 Å². The second kappa shape index (κ2) is 11.4. The van der Waals surface area contributed by atoms with Crippen LogP contribution in [0.1, 0.15) is 24.8 Å². The number of nitrogens with one attached hydrogen (secondary N) is 2. The van der Waals surface area contributed by atoms with Crippen molar-refractivity contribution in [1.29, 1.82) is 0 Å². The summed E-state index contributed by atoms with van der Waals surface area (Å²) in [6.07, 6.45) is -1.35.